The first-order valence-corrected chi connectivity index (χ1v) is 5.76. The van der Waals surface area contributed by atoms with E-state index in [1.54, 1.807) is 0 Å². The Balaban J connectivity index is 2.11. The Kier molecular flexibility index (Phi) is 2.25. The third kappa shape index (κ3) is 1.64. The molecule has 0 aliphatic rings. The second-order valence-electron chi connectivity index (χ2n) is 4.43. The van der Waals surface area contributed by atoms with Crippen molar-refractivity contribution in [1.29, 1.82) is 0 Å². The topological polar surface area (TPSA) is 22.8 Å². The number of imidazole rings is 1. The minimum Gasteiger partial charge on any atom is -0.339 e. The smallest absolute Gasteiger partial charge is 0.0946 e. The molecule has 0 fully saturated rings. The first-order valence-electron chi connectivity index (χ1n) is 5.76. The fourth-order valence-corrected chi connectivity index (χ4v) is 2.26. The van der Waals surface area contributed by atoms with Crippen LogP contribution in [0, 0.1) is 6.92 Å². The van der Waals surface area contributed by atoms with Crippen LogP contribution in [0.3, 0.4) is 0 Å². The molecule has 0 N–H and O–H groups in total. The monoisotopic (exact) mass is 225 g/mol. The van der Waals surface area contributed by atoms with Crippen molar-refractivity contribution in [3.8, 4) is 0 Å². The number of nitrogens with zero attached hydrogens (tertiary/aromatic N) is 3. The Morgan fingerprint density at radius 3 is 2.82 bits per heavy atom. The summed E-state index contributed by atoms with van der Waals surface area (Å²) in [5.74, 6) is 0. The summed E-state index contributed by atoms with van der Waals surface area (Å²) >= 11 is 0. The molecule has 3 heteroatoms. The molecule has 0 saturated heterocycles. The van der Waals surface area contributed by atoms with Gasteiger partial charge >= 0.3 is 0 Å². The van der Waals surface area contributed by atoms with Crippen molar-refractivity contribution in [2.75, 3.05) is 0 Å². The molecule has 0 atom stereocenters. The van der Waals surface area contributed by atoms with Crippen molar-refractivity contribution in [2.24, 2.45) is 7.05 Å². The molecule has 17 heavy (non-hydrogen) atoms. The lowest BCUT2D eigenvalue weighted by atomic mass is 10.2. The van der Waals surface area contributed by atoms with E-state index >= 15 is 0 Å². The van der Waals surface area contributed by atoms with E-state index in [1.807, 2.05) is 19.6 Å². The van der Waals surface area contributed by atoms with Gasteiger partial charge in [-0.25, -0.2) is 4.98 Å². The highest BCUT2D eigenvalue weighted by molar-refractivity contribution is 5.81. The summed E-state index contributed by atoms with van der Waals surface area (Å²) in [5.41, 5.74) is 3.79. The zero-order chi connectivity index (χ0) is 11.8. The van der Waals surface area contributed by atoms with E-state index in [4.69, 9.17) is 0 Å². The second kappa shape index (κ2) is 3.77. The molecule has 2 aromatic heterocycles. The Morgan fingerprint density at radius 2 is 2.06 bits per heavy atom. The number of aromatic nitrogens is 3. The van der Waals surface area contributed by atoms with Gasteiger partial charge < -0.3 is 9.13 Å². The van der Waals surface area contributed by atoms with E-state index in [2.05, 4.69) is 51.4 Å². The van der Waals surface area contributed by atoms with Gasteiger partial charge in [0.05, 0.1) is 18.6 Å². The fourth-order valence-electron chi connectivity index (χ4n) is 2.26. The van der Waals surface area contributed by atoms with Gasteiger partial charge in [-0.3, -0.25) is 0 Å². The molecule has 0 bridgehead atoms. The zero-order valence-corrected chi connectivity index (χ0v) is 10.1. The molecular formula is C14H15N3. The highest BCUT2D eigenvalue weighted by atomic mass is 15.1. The van der Waals surface area contributed by atoms with E-state index in [1.165, 1.54) is 22.3 Å². The van der Waals surface area contributed by atoms with E-state index < -0.39 is 0 Å². The maximum Gasteiger partial charge on any atom is 0.0946 e. The highest BCUT2D eigenvalue weighted by Gasteiger charge is 2.07. The molecule has 3 nitrogen and oxygen atoms in total. The van der Waals surface area contributed by atoms with Gasteiger partial charge in [0, 0.05) is 24.5 Å². The highest BCUT2D eigenvalue weighted by Crippen LogP contribution is 2.20. The lowest BCUT2D eigenvalue weighted by Gasteiger charge is -2.08. The number of benzene rings is 1. The first kappa shape index (κ1) is 10.1. The molecule has 2 heterocycles. The number of fused-ring (bicyclic) bond motifs is 1. The van der Waals surface area contributed by atoms with Crippen LogP contribution in [0.1, 0.15) is 11.4 Å². The molecule has 86 valence electrons. The van der Waals surface area contributed by atoms with Gasteiger partial charge in [0.2, 0.25) is 0 Å². The largest absolute Gasteiger partial charge is 0.339 e. The lowest BCUT2D eigenvalue weighted by molar-refractivity contribution is 0.728. The minimum absolute atomic E-state index is 0.871. The number of para-hydroxylation sites is 1. The predicted molar refractivity (Wildman–Crippen MR) is 69.0 cm³/mol. The fraction of sp³-hybridized carbons (Fsp3) is 0.214. The standard InChI is InChI=1S/C14H15N3/c1-11-7-12-5-3-4-6-14(12)17(11)9-13-8-15-10-16(13)2/h3-8,10H,9H2,1-2H3. The van der Waals surface area contributed by atoms with Gasteiger partial charge in [-0.2, -0.15) is 0 Å². The third-order valence-corrected chi connectivity index (χ3v) is 3.25. The third-order valence-electron chi connectivity index (χ3n) is 3.25. The molecule has 0 spiro atoms. The summed E-state index contributed by atoms with van der Waals surface area (Å²) < 4.78 is 4.39. The molecule has 0 aliphatic carbocycles. The molecular weight excluding hydrogens is 210 g/mol. The van der Waals surface area contributed by atoms with E-state index in [0.717, 1.165) is 6.54 Å². The van der Waals surface area contributed by atoms with Crippen LogP contribution < -0.4 is 0 Å². The average Bonchev–Trinajstić information content (AvgIpc) is 2.85. The van der Waals surface area contributed by atoms with E-state index in [9.17, 15) is 0 Å². The SMILES string of the molecule is Cc1cc2ccccc2n1Cc1cncn1C. The maximum absolute atomic E-state index is 4.16. The van der Waals surface area contributed by atoms with Gasteiger partial charge in [-0.05, 0) is 24.4 Å². The number of rotatable bonds is 2. The second-order valence-corrected chi connectivity index (χ2v) is 4.43. The van der Waals surface area contributed by atoms with E-state index in [-0.39, 0.29) is 0 Å². The molecule has 0 amide bonds. The first-order chi connectivity index (χ1) is 8.25. The quantitative estimate of drug-likeness (QED) is 0.657. The van der Waals surface area contributed by atoms with Gasteiger partial charge in [0.25, 0.3) is 0 Å². The Hall–Kier alpha value is -2.03. The van der Waals surface area contributed by atoms with Crippen LogP contribution in [0.25, 0.3) is 10.9 Å². The summed E-state index contributed by atoms with van der Waals surface area (Å²) in [6, 6.07) is 10.7. The van der Waals surface area contributed by atoms with Crippen molar-refractivity contribution in [1.82, 2.24) is 14.1 Å². The summed E-state index contributed by atoms with van der Waals surface area (Å²) in [7, 11) is 2.03. The van der Waals surface area contributed by atoms with Crippen LogP contribution in [0.4, 0.5) is 0 Å². The average molecular weight is 225 g/mol. The van der Waals surface area contributed by atoms with Crippen LogP contribution >= 0.6 is 0 Å². The number of hydrogen-bond acceptors (Lipinski definition) is 1. The van der Waals surface area contributed by atoms with Crippen molar-refractivity contribution in [2.45, 2.75) is 13.5 Å². The molecule has 3 aromatic rings. The zero-order valence-electron chi connectivity index (χ0n) is 10.1. The van der Waals surface area contributed by atoms with Gasteiger partial charge in [0.15, 0.2) is 0 Å². The van der Waals surface area contributed by atoms with Crippen LogP contribution in [-0.2, 0) is 13.6 Å². The molecule has 0 radical (unpaired) electrons. The van der Waals surface area contributed by atoms with Crippen molar-refractivity contribution < 1.29 is 0 Å². The van der Waals surface area contributed by atoms with Crippen LogP contribution in [0.15, 0.2) is 42.9 Å². The van der Waals surface area contributed by atoms with Gasteiger partial charge in [-0.15, -0.1) is 0 Å². The van der Waals surface area contributed by atoms with Crippen molar-refractivity contribution >= 4 is 10.9 Å². The molecule has 0 saturated carbocycles. The lowest BCUT2D eigenvalue weighted by Crippen LogP contribution is -2.05. The van der Waals surface area contributed by atoms with E-state index in [0.29, 0.717) is 0 Å². The maximum atomic E-state index is 4.16. The van der Waals surface area contributed by atoms with Gasteiger partial charge in [0.1, 0.15) is 0 Å². The molecule has 3 rings (SSSR count). The summed E-state index contributed by atoms with van der Waals surface area (Å²) in [6.07, 6.45) is 3.77. The molecule has 1 aromatic carbocycles. The van der Waals surface area contributed by atoms with Crippen molar-refractivity contribution in [3.63, 3.8) is 0 Å². The summed E-state index contributed by atoms with van der Waals surface area (Å²) in [4.78, 5) is 4.16. The summed E-state index contributed by atoms with van der Waals surface area (Å²) in [5, 5.41) is 1.30. The molecule has 0 unspecified atom stereocenters. The number of hydrogen-bond donors (Lipinski definition) is 0. The minimum atomic E-state index is 0.871. The van der Waals surface area contributed by atoms with Crippen molar-refractivity contribution in [3.05, 3.63) is 54.2 Å². The van der Waals surface area contributed by atoms with Crippen LogP contribution in [-0.4, -0.2) is 14.1 Å². The van der Waals surface area contributed by atoms with Gasteiger partial charge in [-0.1, -0.05) is 18.2 Å². The Labute approximate surface area is 100 Å². The number of aryl methyl sites for hydroxylation is 2. The van der Waals surface area contributed by atoms with Crippen LogP contribution in [0.2, 0.25) is 0 Å². The normalized spacial score (nSPS) is 11.2. The predicted octanol–water partition coefficient (Wildman–Crippen LogP) is 2.73. The Morgan fingerprint density at radius 1 is 1.24 bits per heavy atom. The van der Waals surface area contributed by atoms with Crippen LogP contribution in [0.5, 0.6) is 0 Å². The Bertz CT molecular complexity index is 661. The summed E-state index contributed by atoms with van der Waals surface area (Å²) in [6.45, 7) is 3.02. The molecule has 0 aliphatic heterocycles.